The van der Waals surface area contributed by atoms with E-state index in [1.807, 2.05) is 4.90 Å². The monoisotopic (exact) mass is 286 g/mol. The third-order valence-electron chi connectivity index (χ3n) is 5.03. The highest BCUT2D eigenvalue weighted by Crippen LogP contribution is 2.41. The molecule has 1 unspecified atom stereocenters. The Hall–Kier alpha value is -1.35. The van der Waals surface area contributed by atoms with Crippen LogP contribution in [0.2, 0.25) is 0 Å². The van der Waals surface area contributed by atoms with Crippen molar-refractivity contribution in [2.75, 3.05) is 26.2 Å². The van der Waals surface area contributed by atoms with Crippen molar-refractivity contribution in [1.82, 2.24) is 9.80 Å². The van der Waals surface area contributed by atoms with Gasteiger partial charge in [0.05, 0.1) is 5.41 Å². The lowest BCUT2D eigenvalue weighted by molar-refractivity contribution is -0.169. The number of nitrogens with zero attached hydrogens (tertiary/aromatic N) is 2. The van der Waals surface area contributed by atoms with Crippen LogP contribution in [0.5, 0.6) is 0 Å². The largest absolute Gasteiger partial charge is 0.339 e. The molecule has 2 heterocycles. The molecule has 3 heteroatoms. The van der Waals surface area contributed by atoms with E-state index in [4.69, 9.17) is 0 Å². The first-order chi connectivity index (χ1) is 10.1. The minimum Gasteiger partial charge on any atom is -0.339 e. The Bertz CT molecular complexity index is 499. The highest BCUT2D eigenvalue weighted by molar-refractivity contribution is 5.89. The maximum Gasteiger partial charge on any atom is 0.232 e. The van der Waals surface area contributed by atoms with E-state index in [9.17, 15) is 4.79 Å². The molecular formula is C18H26N2O. The number of benzene rings is 1. The van der Waals surface area contributed by atoms with Crippen molar-refractivity contribution in [2.45, 2.75) is 39.2 Å². The summed E-state index contributed by atoms with van der Waals surface area (Å²) in [6, 6.07) is 11.0. The van der Waals surface area contributed by atoms with Gasteiger partial charge in [-0.15, -0.1) is 0 Å². The third kappa shape index (κ3) is 2.84. The molecule has 2 fully saturated rings. The molecule has 1 atom stereocenters. The van der Waals surface area contributed by atoms with Gasteiger partial charge in [-0.3, -0.25) is 4.79 Å². The molecule has 1 aromatic rings. The Labute approximate surface area is 127 Å². The second-order valence-corrected chi connectivity index (χ2v) is 6.92. The summed E-state index contributed by atoms with van der Waals surface area (Å²) in [5, 5.41) is 0. The van der Waals surface area contributed by atoms with Gasteiger partial charge in [0.2, 0.25) is 5.91 Å². The fourth-order valence-corrected chi connectivity index (χ4v) is 3.75. The number of likely N-dealkylation sites (tertiary alicyclic amines) is 2. The van der Waals surface area contributed by atoms with E-state index in [-0.39, 0.29) is 5.41 Å². The molecule has 0 aromatic heterocycles. The van der Waals surface area contributed by atoms with Gasteiger partial charge in [-0.1, -0.05) is 30.3 Å². The molecule has 2 aliphatic heterocycles. The van der Waals surface area contributed by atoms with E-state index >= 15 is 0 Å². The summed E-state index contributed by atoms with van der Waals surface area (Å²) in [6.45, 7) is 8.36. The van der Waals surface area contributed by atoms with Gasteiger partial charge in [0.25, 0.3) is 0 Å². The molecule has 0 aliphatic carbocycles. The molecule has 0 N–H and O–H groups in total. The van der Waals surface area contributed by atoms with Gasteiger partial charge < -0.3 is 9.80 Å². The number of hydrogen-bond acceptors (Lipinski definition) is 2. The molecule has 1 aromatic carbocycles. The fourth-order valence-electron chi connectivity index (χ4n) is 3.75. The highest BCUT2D eigenvalue weighted by Gasteiger charge is 2.54. The zero-order valence-corrected chi connectivity index (χ0v) is 13.2. The number of carbonyl (C=O) groups is 1. The molecule has 114 valence electrons. The number of rotatable bonds is 4. The van der Waals surface area contributed by atoms with Gasteiger partial charge in [-0.25, -0.2) is 0 Å². The molecule has 21 heavy (non-hydrogen) atoms. The minimum absolute atomic E-state index is 0.0563. The van der Waals surface area contributed by atoms with Gasteiger partial charge in [-0.05, 0) is 45.2 Å². The van der Waals surface area contributed by atoms with E-state index < -0.39 is 0 Å². The maximum atomic E-state index is 12.5. The fraction of sp³-hybridized carbons (Fsp3) is 0.611. The van der Waals surface area contributed by atoms with Crippen LogP contribution in [-0.2, 0) is 11.2 Å². The average molecular weight is 286 g/mol. The first-order valence-corrected chi connectivity index (χ1v) is 8.18. The number of carbonyl (C=O) groups excluding carboxylic acids is 1. The van der Waals surface area contributed by atoms with Crippen molar-refractivity contribution in [2.24, 2.45) is 5.41 Å². The lowest BCUT2D eigenvalue weighted by Crippen LogP contribution is -2.68. The van der Waals surface area contributed by atoms with Crippen LogP contribution in [0.1, 0.15) is 32.3 Å². The Kier molecular flexibility index (Phi) is 4.03. The summed E-state index contributed by atoms with van der Waals surface area (Å²) in [5.41, 5.74) is 1.33. The second-order valence-electron chi connectivity index (χ2n) is 6.92. The summed E-state index contributed by atoms with van der Waals surface area (Å²) < 4.78 is 0. The van der Waals surface area contributed by atoms with Crippen LogP contribution >= 0.6 is 0 Å². The van der Waals surface area contributed by atoms with Gasteiger partial charge in [0.1, 0.15) is 0 Å². The van der Waals surface area contributed by atoms with Gasteiger partial charge in [-0.2, -0.15) is 0 Å². The highest BCUT2D eigenvalue weighted by atomic mass is 16.2. The first-order valence-electron chi connectivity index (χ1n) is 8.18. The van der Waals surface area contributed by atoms with Crippen molar-refractivity contribution >= 4 is 5.91 Å². The predicted molar refractivity (Wildman–Crippen MR) is 85.1 cm³/mol. The Balaban J connectivity index is 1.56. The van der Waals surface area contributed by atoms with Gasteiger partial charge >= 0.3 is 0 Å². The standard InChI is InChI=1S/C18H26N2O/c1-15(2)20-14-18(17(20)21)10-6-11-19(13-18)12-9-16-7-4-3-5-8-16/h3-5,7-8,15H,6,9-14H2,1-2H3. The molecule has 0 bridgehead atoms. The van der Waals surface area contributed by atoms with E-state index in [0.29, 0.717) is 11.9 Å². The van der Waals surface area contributed by atoms with E-state index in [1.54, 1.807) is 0 Å². The molecule has 3 nitrogen and oxygen atoms in total. The maximum absolute atomic E-state index is 12.5. The lowest BCUT2D eigenvalue weighted by Gasteiger charge is -2.54. The van der Waals surface area contributed by atoms with Crippen LogP contribution in [0.25, 0.3) is 0 Å². The topological polar surface area (TPSA) is 23.6 Å². The van der Waals surface area contributed by atoms with Crippen LogP contribution in [0.4, 0.5) is 0 Å². The van der Waals surface area contributed by atoms with E-state index in [1.165, 1.54) is 5.56 Å². The average Bonchev–Trinajstić information content (AvgIpc) is 2.51. The van der Waals surface area contributed by atoms with Gasteiger partial charge in [0.15, 0.2) is 0 Å². The molecular weight excluding hydrogens is 260 g/mol. The SMILES string of the molecule is CC(C)N1CC2(CCCN(CCc3ccccc3)C2)C1=O. The number of piperidine rings is 1. The predicted octanol–water partition coefficient (Wildman–Crippen LogP) is 2.56. The Morgan fingerprint density at radius 3 is 2.62 bits per heavy atom. The number of hydrogen-bond donors (Lipinski definition) is 0. The normalized spacial score (nSPS) is 26.4. The summed E-state index contributed by atoms with van der Waals surface area (Å²) in [4.78, 5) is 17.0. The van der Waals surface area contributed by atoms with Crippen molar-refractivity contribution in [3.8, 4) is 0 Å². The van der Waals surface area contributed by atoms with E-state index in [2.05, 4.69) is 49.1 Å². The summed E-state index contributed by atoms with van der Waals surface area (Å²) in [7, 11) is 0. The minimum atomic E-state index is -0.0563. The van der Waals surface area contributed by atoms with Gasteiger partial charge in [0, 0.05) is 25.7 Å². The molecule has 2 saturated heterocycles. The summed E-state index contributed by atoms with van der Waals surface area (Å²) in [6.07, 6.45) is 3.32. The molecule has 1 amide bonds. The van der Waals surface area contributed by atoms with E-state index in [0.717, 1.165) is 45.4 Å². The van der Waals surface area contributed by atoms with Crippen LogP contribution in [0.15, 0.2) is 30.3 Å². The summed E-state index contributed by atoms with van der Waals surface area (Å²) >= 11 is 0. The van der Waals surface area contributed by atoms with Crippen molar-refractivity contribution in [3.63, 3.8) is 0 Å². The van der Waals surface area contributed by atoms with Crippen molar-refractivity contribution in [1.29, 1.82) is 0 Å². The zero-order chi connectivity index (χ0) is 14.9. The van der Waals surface area contributed by atoms with Crippen molar-refractivity contribution < 1.29 is 4.79 Å². The molecule has 0 radical (unpaired) electrons. The molecule has 1 spiro atoms. The van der Waals surface area contributed by atoms with Crippen LogP contribution in [-0.4, -0.2) is 47.9 Å². The molecule has 2 aliphatic rings. The number of amides is 1. The second kappa shape index (κ2) is 5.80. The molecule has 3 rings (SSSR count). The molecule has 0 saturated carbocycles. The van der Waals surface area contributed by atoms with Crippen LogP contribution < -0.4 is 0 Å². The Morgan fingerprint density at radius 2 is 1.95 bits per heavy atom. The van der Waals surface area contributed by atoms with Crippen LogP contribution in [0.3, 0.4) is 0 Å². The Morgan fingerprint density at radius 1 is 1.19 bits per heavy atom. The summed E-state index contributed by atoms with van der Waals surface area (Å²) in [5.74, 6) is 0.391. The quantitative estimate of drug-likeness (QED) is 0.794. The number of β-lactam (4-membered cyclic amide) rings is 1. The smallest absolute Gasteiger partial charge is 0.232 e. The van der Waals surface area contributed by atoms with Crippen LogP contribution in [0, 0.1) is 5.41 Å². The zero-order valence-electron chi connectivity index (χ0n) is 13.2. The lowest BCUT2D eigenvalue weighted by atomic mass is 9.71. The first kappa shape index (κ1) is 14.6. The third-order valence-corrected chi connectivity index (χ3v) is 5.03. The van der Waals surface area contributed by atoms with Crippen molar-refractivity contribution in [3.05, 3.63) is 35.9 Å².